The number of aliphatic hydroxyl groups is 2. The minimum Gasteiger partial charge on any atom is -0.394 e. The molecule has 4 unspecified atom stereocenters. The van der Waals surface area contributed by atoms with E-state index in [9.17, 15) is 58.2 Å². The number of nitrogens with one attached hydrogen (secondary N) is 7. The van der Waals surface area contributed by atoms with E-state index in [0.29, 0.717) is 0 Å². The van der Waals surface area contributed by atoms with Gasteiger partial charge in [0.25, 0.3) is 11.8 Å². The summed E-state index contributed by atoms with van der Waals surface area (Å²) in [7, 11) is 2.35. The number of benzene rings is 1. The molecule has 0 saturated carbocycles. The third-order valence-corrected chi connectivity index (χ3v) is 9.03. The lowest BCUT2D eigenvalue weighted by Crippen LogP contribution is -2.60. The molecule has 328 valence electrons. The van der Waals surface area contributed by atoms with E-state index in [0.717, 1.165) is 49.6 Å². The molecule has 0 aliphatic carbocycles. The van der Waals surface area contributed by atoms with Crippen LogP contribution < -0.4 is 43.0 Å². The highest BCUT2D eigenvalue weighted by Crippen LogP contribution is 2.11. The van der Waals surface area contributed by atoms with Gasteiger partial charge in [-0.2, -0.15) is 0 Å². The topological polar surface area (TPSA) is 325 Å². The van der Waals surface area contributed by atoms with Crippen molar-refractivity contribution >= 4 is 58.9 Å². The lowest BCUT2D eigenvalue weighted by Gasteiger charge is -2.30. The third-order valence-electron chi connectivity index (χ3n) is 9.03. The Balaban J connectivity index is 2.80. The fraction of sp³-hybridized carbons (Fsp3) is 0.579. The monoisotopic (exact) mass is 833 g/mol. The Morgan fingerprint density at radius 3 is 1.81 bits per heavy atom. The first-order valence-corrected chi connectivity index (χ1v) is 19.2. The molecule has 0 aromatic heterocycles. The number of primary amides is 1. The first-order chi connectivity index (χ1) is 27.7. The van der Waals surface area contributed by atoms with Crippen molar-refractivity contribution in [3.05, 3.63) is 35.4 Å². The van der Waals surface area contributed by atoms with E-state index in [2.05, 4.69) is 44.1 Å². The van der Waals surface area contributed by atoms with Crippen LogP contribution in [0.2, 0.25) is 0 Å². The van der Waals surface area contributed by atoms with E-state index >= 15 is 0 Å². The average molecular weight is 834 g/mol. The Kier molecular flexibility index (Phi) is 22.0. The maximum Gasteiger partial charge on any atom is 0.289 e. The largest absolute Gasteiger partial charge is 0.394 e. The molecule has 0 aliphatic rings. The van der Waals surface area contributed by atoms with Crippen molar-refractivity contribution in [2.75, 3.05) is 27.2 Å². The van der Waals surface area contributed by atoms with Crippen LogP contribution in [0.15, 0.2) is 24.3 Å². The molecule has 0 fully saturated rings. The Morgan fingerprint density at radius 1 is 0.712 bits per heavy atom. The van der Waals surface area contributed by atoms with Gasteiger partial charge in [-0.1, -0.05) is 38.3 Å². The molecule has 1 aromatic rings. The zero-order chi connectivity index (χ0) is 45.0. The molecular formula is C38H59N9O12. The molecule has 0 saturated heterocycles. The fourth-order valence-electron chi connectivity index (χ4n) is 5.48. The van der Waals surface area contributed by atoms with Gasteiger partial charge >= 0.3 is 0 Å². The van der Waals surface area contributed by atoms with Gasteiger partial charge in [0, 0.05) is 19.7 Å². The minimum absolute atomic E-state index is 0.267. The van der Waals surface area contributed by atoms with Gasteiger partial charge in [-0.25, -0.2) is 0 Å². The number of unbranched alkanes of at least 4 members (excludes halogenated alkanes) is 3. The average Bonchev–Trinajstić information content (AvgIpc) is 3.18. The Labute approximate surface area is 342 Å². The fourth-order valence-corrected chi connectivity index (χ4v) is 5.48. The summed E-state index contributed by atoms with van der Waals surface area (Å²) >= 11 is 0. The summed E-state index contributed by atoms with van der Waals surface area (Å²) in [4.78, 5) is 126. The van der Waals surface area contributed by atoms with E-state index in [4.69, 9.17) is 5.73 Å². The van der Waals surface area contributed by atoms with Crippen molar-refractivity contribution in [3.8, 4) is 0 Å². The van der Waals surface area contributed by atoms with Gasteiger partial charge in [-0.05, 0) is 58.2 Å². The van der Waals surface area contributed by atoms with Gasteiger partial charge in [0.15, 0.2) is 0 Å². The van der Waals surface area contributed by atoms with Crippen LogP contribution in [0.3, 0.4) is 0 Å². The first kappa shape index (κ1) is 51.1. The first-order valence-electron chi connectivity index (χ1n) is 19.2. The highest BCUT2D eigenvalue weighted by Gasteiger charge is 2.35. The van der Waals surface area contributed by atoms with Crippen LogP contribution in [0, 0.1) is 0 Å². The SMILES string of the molecule is CCCCCCc1ccc(C(=O)N[C@H](CO)C(=O)N[C@H](C)C(=O)NCC(=O)N(C)C(C(=O)N[C@@H](C)C(=O)NC(CC(N)=O)C(=O)NC(C)C(=O)C(=O)NC)C(C)O)cc1. The van der Waals surface area contributed by atoms with Crippen LogP contribution in [-0.2, 0) is 49.6 Å². The van der Waals surface area contributed by atoms with Gasteiger partial charge < -0.3 is 58.1 Å². The lowest BCUT2D eigenvalue weighted by atomic mass is 10.0. The Hall–Kier alpha value is -5.96. The normalized spacial score (nSPS) is 14.3. The number of ketones is 1. The van der Waals surface area contributed by atoms with Gasteiger partial charge in [-0.3, -0.25) is 47.9 Å². The summed E-state index contributed by atoms with van der Waals surface area (Å²) < 4.78 is 0. The number of rotatable bonds is 25. The number of Topliss-reactive ketones (excluding diaryl/α,β-unsaturated/α-hetero) is 1. The molecule has 0 spiro atoms. The molecule has 0 heterocycles. The van der Waals surface area contributed by atoms with Gasteiger partial charge in [0.1, 0.15) is 30.2 Å². The second-order valence-corrected chi connectivity index (χ2v) is 14.0. The number of aryl methyl sites for hydroxylation is 1. The summed E-state index contributed by atoms with van der Waals surface area (Å²) in [6.45, 7) is 5.51. The van der Waals surface area contributed by atoms with Gasteiger partial charge in [0.05, 0.1) is 31.7 Å². The smallest absolute Gasteiger partial charge is 0.289 e. The maximum atomic E-state index is 13.2. The van der Waals surface area contributed by atoms with Crippen LogP contribution in [0.25, 0.3) is 0 Å². The number of nitrogens with zero attached hydrogens (tertiary/aromatic N) is 1. The predicted molar refractivity (Wildman–Crippen MR) is 212 cm³/mol. The number of hydrogen-bond donors (Lipinski definition) is 10. The second kappa shape index (κ2) is 25.4. The van der Waals surface area contributed by atoms with E-state index in [-0.39, 0.29) is 5.56 Å². The molecule has 1 rings (SSSR count). The number of nitrogens with two attached hydrogens (primary N) is 1. The number of hydrogen-bond acceptors (Lipinski definition) is 12. The molecule has 0 bridgehead atoms. The van der Waals surface area contributed by atoms with Gasteiger partial charge in [-0.15, -0.1) is 0 Å². The molecule has 59 heavy (non-hydrogen) atoms. The predicted octanol–water partition coefficient (Wildman–Crippen LogP) is -3.59. The Morgan fingerprint density at radius 2 is 1.27 bits per heavy atom. The van der Waals surface area contributed by atoms with E-state index < -0.39 is 121 Å². The molecule has 21 heteroatoms. The van der Waals surface area contributed by atoms with Crippen molar-refractivity contribution in [3.63, 3.8) is 0 Å². The molecule has 21 nitrogen and oxygen atoms in total. The number of aliphatic hydroxyl groups excluding tert-OH is 2. The van der Waals surface area contributed by atoms with Crippen LogP contribution >= 0.6 is 0 Å². The summed E-state index contributed by atoms with van der Waals surface area (Å²) in [6.07, 6.45) is 3.03. The van der Waals surface area contributed by atoms with Crippen LogP contribution in [0.5, 0.6) is 0 Å². The molecule has 7 atom stereocenters. The second-order valence-electron chi connectivity index (χ2n) is 14.0. The summed E-state index contributed by atoms with van der Waals surface area (Å²) in [6, 6.07) is -1.79. The maximum absolute atomic E-state index is 13.2. The lowest BCUT2D eigenvalue weighted by molar-refractivity contribution is -0.144. The summed E-state index contributed by atoms with van der Waals surface area (Å²) in [5, 5.41) is 36.1. The van der Waals surface area contributed by atoms with E-state index in [1.165, 1.54) is 34.7 Å². The quantitative estimate of drug-likeness (QED) is 0.0338. The summed E-state index contributed by atoms with van der Waals surface area (Å²) in [5.41, 5.74) is 6.53. The minimum atomic E-state index is -1.62. The molecular weight excluding hydrogens is 774 g/mol. The number of carbonyl (C=O) groups is 10. The number of carbonyl (C=O) groups excluding carboxylic acids is 10. The summed E-state index contributed by atoms with van der Waals surface area (Å²) in [5.74, 6) is -9.29. The highest BCUT2D eigenvalue weighted by atomic mass is 16.3. The van der Waals surface area contributed by atoms with Gasteiger partial charge in [0.2, 0.25) is 47.1 Å². The van der Waals surface area contributed by atoms with Crippen molar-refractivity contribution < 1.29 is 58.2 Å². The van der Waals surface area contributed by atoms with Crippen molar-refractivity contribution in [2.24, 2.45) is 5.73 Å². The molecule has 1 aromatic carbocycles. The Bertz CT molecular complexity index is 1670. The standard InChI is InChI=1S/C38H59N9O12/c1-8-9-10-11-12-24-13-15-25(16-14-24)34(55)46-27(19-48)36(57)43-21(3)32(53)41-18-29(51)47(7)30(23(5)49)37(58)44-22(4)33(54)45-26(17-28(39)50)35(56)42-20(2)31(52)38(59)40-6/h13-16,20-23,26-27,30,48-49H,8-12,17-19H2,1-7H3,(H2,39,50)(H,40,59)(H,41,53)(H,42,56)(H,43,57)(H,44,58)(H,45,54)(H,46,55)/t20?,21-,22+,23?,26?,27-,30?/m1/s1. The molecule has 11 N–H and O–H groups in total. The molecule has 9 amide bonds. The van der Waals surface area contributed by atoms with Crippen molar-refractivity contribution in [1.82, 2.24) is 42.1 Å². The van der Waals surface area contributed by atoms with Crippen LogP contribution in [0.4, 0.5) is 0 Å². The van der Waals surface area contributed by atoms with Crippen molar-refractivity contribution in [2.45, 2.75) is 115 Å². The molecule has 0 aliphatic heterocycles. The molecule has 0 radical (unpaired) electrons. The van der Waals surface area contributed by atoms with Crippen LogP contribution in [0.1, 0.15) is 82.6 Å². The van der Waals surface area contributed by atoms with Crippen LogP contribution in [-0.4, -0.2) is 144 Å². The van der Waals surface area contributed by atoms with Crippen molar-refractivity contribution in [1.29, 1.82) is 0 Å². The van der Waals surface area contributed by atoms with E-state index in [1.54, 1.807) is 12.1 Å². The number of likely N-dealkylation sites (N-methyl/N-ethyl adjacent to an activating group) is 2. The number of amides is 9. The highest BCUT2D eigenvalue weighted by molar-refractivity contribution is 6.38. The zero-order valence-electron chi connectivity index (χ0n) is 34.5. The van der Waals surface area contributed by atoms with E-state index in [1.807, 2.05) is 12.1 Å². The zero-order valence-corrected chi connectivity index (χ0v) is 34.5. The third kappa shape index (κ3) is 17.2.